The zero-order chi connectivity index (χ0) is 57.1. The highest BCUT2D eigenvalue weighted by Crippen LogP contribution is 2.34. The minimum absolute atomic E-state index is 0.0343. The molecule has 4 aromatic rings. The number of likely N-dealkylation sites (N-methyl/N-ethyl adjacent to an activating group) is 1. The highest BCUT2D eigenvalue weighted by Gasteiger charge is 2.43. The van der Waals surface area contributed by atoms with Crippen LogP contribution in [0.25, 0.3) is 11.3 Å². The number of benzene rings is 3. The van der Waals surface area contributed by atoms with Crippen LogP contribution in [0.15, 0.2) is 66.9 Å². The summed E-state index contributed by atoms with van der Waals surface area (Å²) in [5, 5.41) is 15.6. The molecule has 3 aromatic carbocycles. The van der Waals surface area contributed by atoms with E-state index in [1.54, 1.807) is 94.2 Å². The van der Waals surface area contributed by atoms with Crippen LogP contribution in [0.4, 0.5) is 22.4 Å². The van der Waals surface area contributed by atoms with Crippen molar-refractivity contribution in [1.29, 1.82) is 0 Å². The molecule has 1 heterocycles. The van der Waals surface area contributed by atoms with Gasteiger partial charge in [0.2, 0.25) is 17.7 Å². The predicted octanol–water partition coefficient (Wildman–Crippen LogP) is 10.2. The fourth-order valence-corrected chi connectivity index (χ4v) is 8.63. The number of aromatic nitrogens is 2. The number of hydrogen-bond donors (Lipinski definition) is 3. The molecule has 0 aliphatic rings. The van der Waals surface area contributed by atoms with Crippen molar-refractivity contribution in [3.63, 3.8) is 0 Å². The van der Waals surface area contributed by atoms with Gasteiger partial charge in [-0.15, -0.1) is 0 Å². The molecule has 0 saturated carbocycles. The number of carbonyl (C=O) groups is 5. The van der Waals surface area contributed by atoms with Crippen LogP contribution in [0.2, 0.25) is 10.0 Å². The number of alkyl halides is 3. The maximum absolute atomic E-state index is 15.7. The third-order valence-corrected chi connectivity index (χ3v) is 12.9. The Kier molecular flexibility index (Phi) is 21.7. The SMILES string of the molecule is CCCN(CC(C)(Cc1ccc(Cl)cc1)N(C)C(=O)[C@H](COC)NC(=O)[C@H](C)NCc1c(F)cc(Cl)cc1Oc1ccc(-c2cnc(CN(C(=O)OC(C)(C)C)C(C)(C)C)n2C)cc1)C(=O)[C@@H](CC(=O)O)CC(F)(F)F. The molecule has 16 nitrogen and oxygen atoms in total. The second-order valence-electron chi connectivity index (χ2n) is 21.0. The van der Waals surface area contributed by atoms with E-state index in [-0.39, 0.29) is 55.5 Å². The van der Waals surface area contributed by atoms with Gasteiger partial charge in [-0.1, -0.05) is 42.3 Å². The Morgan fingerprint density at radius 3 is 2.09 bits per heavy atom. The number of carboxylic acids is 1. The van der Waals surface area contributed by atoms with E-state index in [1.807, 2.05) is 32.4 Å². The molecule has 4 amide bonds. The van der Waals surface area contributed by atoms with E-state index in [0.717, 1.165) is 22.2 Å². The summed E-state index contributed by atoms with van der Waals surface area (Å²) in [7, 11) is 4.59. The number of nitrogens with one attached hydrogen (secondary N) is 2. The van der Waals surface area contributed by atoms with Crippen LogP contribution in [0.3, 0.4) is 0 Å². The summed E-state index contributed by atoms with van der Waals surface area (Å²) in [5.74, 6) is -5.61. The summed E-state index contributed by atoms with van der Waals surface area (Å²) in [4.78, 5) is 75.8. The van der Waals surface area contributed by atoms with Crippen LogP contribution in [0.5, 0.6) is 11.5 Å². The highest BCUT2D eigenvalue weighted by atomic mass is 35.5. The molecule has 418 valence electrons. The van der Waals surface area contributed by atoms with E-state index in [4.69, 9.17) is 37.4 Å². The van der Waals surface area contributed by atoms with Gasteiger partial charge in [-0.25, -0.2) is 14.2 Å². The topological polar surface area (TPSA) is 185 Å². The van der Waals surface area contributed by atoms with Crippen molar-refractivity contribution >= 4 is 53.0 Å². The second kappa shape index (κ2) is 26.4. The van der Waals surface area contributed by atoms with Crippen molar-refractivity contribution in [1.82, 2.24) is 34.9 Å². The average molecular weight is 1110 g/mol. The summed E-state index contributed by atoms with van der Waals surface area (Å²) < 4.78 is 75.8. The molecule has 0 fully saturated rings. The first-order valence-electron chi connectivity index (χ1n) is 24.6. The smallest absolute Gasteiger partial charge is 0.411 e. The van der Waals surface area contributed by atoms with E-state index >= 15 is 4.39 Å². The van der Waals surface area contributed by atoms with Crippen LogP contribution < -0.4 is 15.4 Å². The molecule has 76 heavy (non-hydrogen) atoms. The Hall–Kier alpha value is -5.96. The van der Waals surface area contributed by atoms with Crippen molar-refractivity contribution in [2.24, 2.45) is 13.0 Å². The lowest BCUT2D eigenvalue weighted by Gasteiger charge is -2.44. The maximum atomic E-state index is 15.7. The summed E-state index contributed by atoms with van der Waals surface area (Å²) >= 11 is 12.5. The van der Waals surface area contributed by atoms with Crippen molar-refractivity contribution in [2.45, 2.75) is 136 Å². The third-order valence-electron chi connectivity index (χ3n) is 12.5. The number of nitrogens with zero attached hydrogens (tertiary/aromatic N) is 5. The lowest BCUT2D eigenvalue weighted by Crippen LogP contribution is -2.62. The molecule has 0 saturated heterocycles. The second-order valence-corrected chi connectivity index (χ2v) is 21.9. The molecule has 3 N–H and O–H groups in total. The third kappa shape index (κ3) is 18.1. The first-order chi connectivity index (χ1) is 35.2. The lowest BCUT2D eigenvalue weighted by molar-refractivity contribution is -0.164. The molecule has 1 unspecified atom stereocenters. The number of imidazole rings is 1. The molecule has 0 aliphatic heterocycles. The van der Waals surface area contributed by atoms with Crippen molar-refractivity contribution in [2.75, 3.05) is 33.9 Å². The number of aliphatic carboxylic acids is 1. The first-order valence-corrected chi connectivity index (χ1v) is 25.4. The minimum atomic E-state index is -4.84. The standard InChI is InChI=1S/C54H71Cl2F4N7O9/c1-13-22-66(48(71)36(23-46(68)69)27-54(58,59)60)32-53(9,26-34-14-18-37(55)19-15-34)65(11)49(72)42(31-74-12)63-47(70)33(2)61-28-40-41(57)24-38(56)25-44(40)75-39-20-16-35(17-21-39)43-29-62-45(64(43)10)30-67(51(3,4)5)50(73)76-52(6,7)8/h14-21,24-25,29,33,36,42,61H,13,22-23,26-28,30-32H2,1-12H3,(H,63,70)(H,68,69)/t33-,36-,42-,53?/m0/s1. The number of amides is 4. The van der Waals surface area contributed by atoms with Gasteiger partial charge in [-0.2, -0.15) is 13.2 Å². The van der Waals surface area contributed by atoms with Crippen LogP contribution >= 0.6 is 23.2 Å². The molecule has 4 atom stereocenters. The van der Waals surface area contributed by atoms with Gasteiger partial charge in [0.1, 0.15) is 34.8 Å². The van der Waals surface area contributed by atoms with Crippen LogP contribution in [-0.2, 0) is 55.2 Å². The fourth-order valence-electron chi connectivity index (χ4n) is 8.31. The fraction of sp³-hybridized carbons (Fsp3) is 0.519. The van der Waals surface area contributed by atoms with Gasteiger partial charge >= 0.3 is 18.2 Å². The number of methoxy groups -OCH3 is 1. The number of carbonyl (C=O) groups excluding carboxylic acids is 4. The molecule has 1 aromatic heterocycles. The molecule has 0 bridgehead atoms. The van der Waals surface area contributed by atoms with E-state index < -0.39 is 89.3 Å². The van der Waals surface area contributed by atoms with Gasteiger partial charge in [-0.3, -0.25) is 24.1 Å². The summed E-state index contributed by atoms with van der Waals surface area (Å²) in [6, 6.07) is 13.7. The zero-order valence-electron chi connectivity index (χ0n) is 45.2. The summed E-state index contributed by atoms with van der Waals surface area (Å²) in [6.45, 7) is 15.2. The monoisotopic (exact) mass is 1110 g/mol. The quantitative estimate of drug-likeness (QED) is 0.0568. The van der Waals surface area contributed by atoms with Gasteiger partial charge in [0.15, 0.2) is 0 Å². The average Bonchev–Trinajstić information content (AvgIpc) is 3.67. The van der Waals surface area contributed by atoms with Crippen molar-refractivity contribution in [3.8, 4) is 22.8 Å². The first kappa shape index (κ1) is 62.6. The van der Waals surface area contributed by atoms with Crippen LogP contribution in [-0.4, -0.2) is 128 Å². The van der Waals surface area contributed by atoms with Gasteiger partial charge in [0.05, 0.1) is 55.4 Å². The largest absolute Gasteiger partial charge is 0.481 e. The molecule has 0 spiro atoms. The molecular formula is C54H71Cl2F4N7O9. The number of rotatable bonds is 24. The van der Waals surface area contributed by atoms with Crippen molar-refractivity contribution < 1.29 is 60.9 Å². The van der Waals surface area contributed by atoms with Gasteiger partial charge in [0.25, 0.3) is 0 Å². The molecule has 4 rings (SSSR count). The highest BCUT2D eigenvalue weighted by molar-refractivity contribution is 6.31. The number of ether oxygens (including phenoxy) is 3. The Morgan fingerprint density at radius 2 is 1.54 bits per heavy atom. The van der Waals surface area contributed by atoms with E-state index in [2.05, 4.69) is 15.6 Å². The van der Waals surface area contributed by atoms with Gasteiger partial charge < -0.3 is 44.3 Å². The Bertz CT molecular complexity index is 2640. The minimum Gasteiger partial charge on any atom is -0.481 e. The normalized spacial score (nSPS) is 14.0. The summed E-state index contributed by atoms with van der Waals surface area (Å²) in [6.07, 6.45) is -5.97. The zero-order valence-corrected chi connectivity index (χ0v) is 46.7. The van der Waals surface area contributed by atoms with E-state index in [9.17, 15) is 42.3 Å². The Morgan fingerprint density at radius 1 is 0.908 bits per heavy atom. The molecule has 22 heteroatoms. The number of halogens is 6. The predicted molar refractivity (Wildman–Crippen MR) is 281 cm³/mol. The molecule has 0 aliphatic carbocycles. The van der Waals surface area contributed by atoms with Gasteiger partial charge in [0, 0.05) is 67.6 Å². The van der Waals surface area contributed by atoms with Crippen LogP contribution in [0.1, 0.15) is 98.5 Å². The van der Waals surface area contributed by atoms with E-state index in [1.165, 1.54) is 32.0 Å². The number of hydrogen-bond acceptors (Lipinski definition) is 10. The molecular weight excluding hydrogens is 1040 g/mol. The number of carboxylic acid groups (broad SMARTS) is 1. The van der Waals surface area contributed by atoms with E-state index in [0.29, 0.717) is 28.6 Å². The summed E-state index contributed by atoms with van der Waals surface area (Å²) in [5.41, 5.74) is -0.423. The van der Waals surface area contributed by atoms with Crippen LogP contribution in [0, 0.1) is 11.7 Å². The Balaban J connectivity index is 1.53. The van der Waals surface area contributed by atoms with Gasteiger partial charge in [-0.05, 0) is 122 Å². The van der Waals surface area contributed by atoms with Crippen molar-refractivity contribution in [3.05, 3.63) is 99.7 Å². The maximum Gasteiger partial charge on any atom is 0.411 e. The Labute approximate surface area is 452 Å². The lowest BCUT2D eigenvalue weighted by atomic mass is 9.88. The molecule has 0 radical (unpaired) electrons.